The Morgan fingerprint density at radius 1 is 1.06 bits per heavy atom. The van der Waals surface area contributed by atoms with Crippen LogP contribution in [0, 0.1) is 18.8 Å². The maximum absolute atomic E-state index is 6.44. The van der Waals surface area contributed by atoms with Gasteiger partial charge in [0.25, 0.3) is 0 Å². The molecule has 0 amide bonds. The van der Waals surface area contributed by atoms with Crippen LogP contribution < -0.4 is 15.2 Å². The van der Waals surface area contributed by atoms with Crippen molar-refractivity contribution in [3.8, 4) is 17.4 Å². The Labute approximate surface area is 203 Å². The lowest BCUT2D eigenvalue weighted by molar-refractivity contribution is 0.0177. The zero-order valence-electron chi connectivity index (χ0n) is 18.6. The molecule has 8 heteroatoms. The average Bonchev–Trinajstić information content (AvgIpc) is 3.19. The van der Waals surface area contributed by atoms with Crippen molar-refractivity contribution >= 4 is 34.6 Å². The fourth-order valence-electron chi connectivity index (χ4n) is 3.70. The van der Waals surface area contributed by atoms with Crippen LogP contribution in [0.2, 0.25) is 10.0 Å². The number of benzene rings is 2. The first-order valence-corrected chi connectivity index (χ1v) is 11.4. The van der Waals surface area contributed by atoms with E-state index in [-0.39, 0.29) is 17.9 Å². The number of rotatable bonds is 7. The number of aromatic nitrogens is 1. The van der Waals surface area contributed by atoms with Crippen LogP contribution in [0.4, 0.5) is 5.69 Å². The molecule has 4 rings (SSSR count). The largest absolute Gasteiger partial charge is 0.491 e. The van der Waals surface area contributed by atoms with Crippen molar-refractivity contribution in [1.29, 1.82) is 0 Å². The molecule has 33 heavy (non-hydrogen) atoms. The third-order valence-electron chi connectivity index (χ3n) is 5.43. The second kappa shape index (κ2) is 9.89. The predicted molar refractivity (Wildman–Crippen MR) is 132 cm³/mol. The van der Waals surface area contributed by atoms with Crippen molar-refractivity contribution < 1.29 is 14.3 Å². The van der Waals surface area contributed by atoms with Gasteiger partial charge in [0, 0.05) is 16.8 Å². The molecule has 0 bridgehead atoms. The molecule has 2 N–H and O–H groups in total. The average molecular weight is 486 g/mol. The highest BCUT2D eigenvalue weighted by atomic mass is 35.5. The standard InChI is InChI=1S/C25H25Cl2N3O3/c1-14(2)24-19(23(30-33-24)22-20(26)5-4-6-21(22)27)13-31-18-11-15(3)25(29-12-18)32-17-9-7-16(28)8-10-17/h4-12,14,19,24H,13,28H2,1-3H3. The molecule has 0 fully saturated rings. The van der Waals surface area contributed by atoms with Crippen LogP contribution in [-0.2, 0) is 4.84 Å². The summed E-state index contributed by atoms with van der Waals surface area (Å²) in [5.74, 6) is 1.86. The molecule has 6 nitrogen and oxygen atoms in total. The maximum atomic E-state index is 6.44. The molecule has 1 aromatic heterocycles. The summed E-state index contributed by atoms with van der Waals surface area (Å²) in [7, 11) is 0. The van der Waals surface area contributed by atoms with E-state index in [2.05, 4.69) is 24.0 Å². The van der Waals surface area contributed by atoms with E-state index < -0.39 is 0 Å². The molecular formula is C25H25Cl2N3O3. The number of hydrogen-bond donors (Lipinski definition) is 1. The van der Waals surface area contributed by atoms with E-state index in [9.17, 15) is 0 Å². The summed E-state index contributed by atoms with van der Waals surface area (Å²) >= 11 is 12.9. The Balaban J connectivity index is 1.50. The molecule has 0 saturated heterocycles. The fourth-order valence-corrected chi connectivity index (χ4v) is 4.29. The summed E-state index contributed by atoms with van der Waals surface area (Å²) in [6, 6.07) is 14.4. The molecule has 0 spiro atoms. The molecular weight excluding hydrogens is 461 g/mol. The summed E-state index contributed by atoms with van der Waals surface area (Å²) < 4.78 is 12.0. The van der Waals surface area contributed by atoms with Gasteiger partial charge in [0.2, 0.25) is 5.88 Å². The van der Waals surface area contributed by atoms with E-state index in [0.717, 1.165) is 5.56 Å². The van der Waals surface area contributed by atoms with E-state index in [1.54, 1.807) is 48.7 Å². The number of nitrogens with zero attached hydrogens (tertiary/aromatic N) is 2. The maximum Gasteiger partial charge on any atom is 0.222 e. The number of hydrogen-bond acceptors (Lipinski definition) is 6. The highest BCUT2D eigenvalue weighted by Crippen LogP contribution is 2.35. The van der Waals surface area contributed by atoms with Gasteiger partial charge in [0.1, 0.15) is 29.9 Å². The van der Waals surface area contributed by atoms with Crippen LogP contribution in [0.1, 0.15) is 25.0 Å². The lowest BCUT2D eigenvalue weighted by atomic mass is 9.87. The molecule has 2 aromatic carbocycles. The molecule has 1 aliphatic rings. The summed E-state index contributed by atoms with van der Waals surface area (Å²) in [6.07, 6.45) is 1.48. The molecule has 0 radical (unpaired) electrons. The minimum atomic E-state index is -0.158. The number of nitrogen functional groups attached to an aromatic ring is 1. The minimum absolute atomic E-state index is 0.145. The Morgan fingerprint density at radius 2 is 1.76 bits per heavy atom. The van der Waals surface area contributed by atoms with E-state index in [4.69, 9.17) is 43.2 Å². The van der Waals surface area contributed by atoms with Crippen LogP contribution in [0.3, 0.4) is 0 Å². The summed E-state index contributed by atoms with van der Waals surface area (Å²) in [5, 5.41) is 5.39. The Bertz CT molecular complexity index is 1150. The van der Waals surface area contributed by atoms with Gasteiger partial charge >= 0.3 is 0 Å². The van der Waals surface area contributed by atoms with Gasteiger partial charge < -0.3 is 20.0 Å². The lowest BCUT2D eigenvalue weighted by Gasteiger charge is -2.23. The molecule has 2 unspecified atom stereocenters. The fraction of sp³-hybridized carbons (Fsp3) is 0.280. The second-order valence-electron chi connectivity index (χ2n) is 8.27. The highest BCUT2D eigenvalue weighted by Gasteiger charge is 2.39. The van der Waals surface area contributed by atoms with E-state index >= 15 is 0 Å². The summed E-state index contributed by atoms with van der Waals surface area (Å²) in [5.41, 5.74) is 8.62. The molecule has 3 aromatic rings. The zero-order valence-corrected chi connectivity index (χ0v) is 20.1. The molecule has 172 valence electrons. The van der Waals surface area contributed by atoms with Gasteiger partial charge in [0.15, 0.2) is 0 Å². The number of pyridine rings is 1. The van der Waals surface area contributed by atoms with Gasteiger partial charge in [-0.15, -0.1) is 0 Å². The quantitative estimate of drug-likeness (QED) is 0.385. The normalized spacial score (nSPS) is 17.6. The van der Waals surface area contributed by atoms with Gasteiger partial charge in [-0.3, -0.25) is 0 Å². The van der Waals surface area contributed by atoms with Crippen molar-refractivity contribution in [3.05, 3.63) is 75.9 Å². The second-order valence-corrected chi connectivity index (χ2v) is 9.08. The van der Waals surface area contributed by atoms with Crippen molar-refractivity contribution in [2.24, 2.45) is 17.0 Å². The van der Waals surface area contributed by atoms with Crippen LogP contribution in [0.5, 0.6) is 17.4 Å². The summed E-state index contributed by atoms with van der Waals surface area (Å²) in [4.78, 5) is 10.2. The Morgan fingerprint density at radius 3 is 2.39 bits per heavy atom. The van der Waals surface area contributed by atoms with Crippen LogP contribution >= 0.6 is 23.2 Å². The van der Waals surface area contributed by atoms with Crippen molar-refractivity contribution in [2.75, 3.05) is 12.3 Å². The number of halogens is 2. The number of nitrogens with two attached hydrogens (primary N) is 1. The third-order valence-corrected chi connectivity index (χ3v) is 6.06. The number of oxime groups is 1. The van der Waals surface area contributed by atoms with Gasteiger partial charge in [-0.2, -0.15) is 0 Å². The Hall–Kier alpha value is -2.96. The minimum Gasteiger partial charge on any atom is -0.491 e. The molecule has 0 aliphatic carbocycles. The smallest absolute Gasteiger partial charge is 0.222 e. The zero-order chi connectivity index (χ0) is 23.5. The highest BCUT2D eigenvalue weighted by molar-refractivity contribution is 6.40. The van der Waals surface area contributed by atoms with Crippen LogP contribution in [-0.4, -0.2) is 23.4 Å². The lowest BCUT2D eigenvalue weighted by Crippen LogP contribution is -2.33. The molecule has 0 saturated carbocycles. The van der Waals surface area contributed by atoms with Crippen molar-refractivity contribution in [3.63, 3.8) is 0 Å². The monoisotopic (exact) mass is 485 g/mol. The van der Waals surface area contributed by atoms with Crippen molar-refractivity contribution in [2.45, 2.75) is 26.9 Å². The molecule has 1 aliphatic heterocycles. The third kappa shape index (κ3) is 5.18. The number of aryl methyl sites for hydroxylation is 1. The van der Waals surface area contributed by atoms with Gasteiger partial charge in [-0.25, -0.2) is 4.98 Å². The first-order chi connectivity index (χ1) is 15.8. The first-order valence-electron chi connectivity index (χ1n) is 10.6. The predicted octanol–water partition coefficient (Wildman–Crippen LogP) is 6.53. The van der Waals surface area contributed by atoms with Gasteiger partial charge in [-0.1, -0.05) is 48.3 Å². The van der Waals surface area contributed by atoms with Crippen LogP contribution in [0.25, 0.3) is 0 Å². The summed E-state index contributed by atoms with van der Waals surface area (Å²) in [6.45, 7) is 6.42. The number of anilines is 1. The van der Waals surface area contributed by atoms with Gasteiger partial charge in [-0.05, 0) is 55.3 Å². The van der Waals surface area contributed by atoms with E-state index in [1.807, 2.05) is 13.0 Å². The van der Waals surface area contributed by atoms with Gasteiger partial charge in [0.05, 0.1) is 22.2 Å². The SMILES string of the molecule is Cc1cc(OCC2C(c3c(Cl)cccc3Cl)=NOC2C(C)C)cnc1Oc1ccc(N)cc1. The Kier molecular flexibility index (Phi) is 6.96. The molecule has 2 atom stereocenters. The topological polar surface area (TPSA) is 79.0 Å². The van der Waals surface area contributed by atoms with Crippen molar-refractivity contribution in [1.82, 2.24) is 4.98 Å². The van der Waals surface area contributed by atoms with E-state index in [1.165, 1.54) is 0 Å². The number of ether oxygens (including phenoxy) is 2. The first kappa shape index (κ1) is 23.2. The molecule has 2 heterocycles. The van der Waals surface area contributed by atoms with E-state index in [0.29, 0.717) is 51.0 Å². The van der Waals surface area contributed by atoms with Crippen LogP contribution in [0.15, 0.2) is 59.9 Å².